The van der Waals surface area contributed by atoms with Crippen LogP contribution in [0.25, 0.3) is 11.0 Å². The molecule has 3 rings (SSSR count). The van der Waals surface area contributed by atoms with E-state index in [0.717, 1.165) is 36.4 Å². The number of nitrogens with zero attached hydrogens (tertiary/aromatic N) is 1. The van der Waals surface area contributed by atoms with Crippen molar-refractivity contribution < 1.29 is 4.79 Å². The Morgan fingerprint density at radius 2 is 2.32 bits per heavy atom. The maximum atomic E-state index is 11.9. The molecule has 5 nitrogen and oxygen atoms in total. The Balaban J connectivity index is 0.00000176. The quantitative estimate of drug-likeness (QED) is 0.791. The van der Waals surface area contributed by atoms with Gasteiger partial charge in [-0.2, -0.15) is 0 Å². The third-order valence-electron chi connectivity index (χ3n) is 4.08. The van der Waals surface area contributed by atoms with Crippen LogP contribution in [0.1, 0.15) is 30.7 Å². The van der Waals surface area contributed by atoms with Gasteiger partial charge in [0.1, 0.15) is 5.82 Å². The molecule has 1 saturated heterocycles. The second-order valence-electron chi connectivity index (χ2n) is 5.88. The number of aromatic nitrogens is 2. The summed E-state index contributed by atoms with van der Waals surface area (Å²) >= 11 is 0. The maximum absolute atomic E-state index is 11.9. The van der Waals surface area contributed by atoms with Gasteiger partial charge < -0.3 is 15.6 Å². The van der Waals surface area contributed by atoms with Crippen LogP contribution < -0.4 is 10.6 Å². The van der Waals surface area contributed by atoms with Gasteiger partial charge >= 0.3 is 0 Å². The fourth-order valence-electron chi connectivity index (χ4n) is 2.83. The summed E-state index contributed by atoms with van der Waals surface area (Å²) in [5.74, 6) is 1.58. The number of carbonyl (C=O) groups excluding carboxylic acids is 1. The van der Waals surface area contributed by atoms with Crippen LogP contribution in [0.2, 0.25) is 0 Å². The zero-order valence-electron chi connectivity index (χ0n) is 12.8. The summed E-state index contributed by atoms with van der Waals surface area (Å²) in [6.07, 6.45) is 2.76. The molecule has 2 heterocycles. The van der Waals surface area contributed by atoms with E-state index in [0.29, 0.717) is 18.9 Å². The minimum absolute atomic E-state index is 0. The van der Waals surface area contributed by atoms with Gasteiger partial charge in [0.25, 0.3) is 0 Å². The van der Waals surface area contributed by atoms with E-state index in [1.807, 2.05) is 12.1 Å². The van der Waals surface area contributed by atoms with Gasteiger partial charge in [-0.1, -0.05) is 6.07 Å². The molecule has 1 atom stereocenters. The molecule has 1 aromatic carbocycles. The van der Waals surface area contributed by atoms with Gasteiger partial charge in [-0.3, -0.25) is 4.79 Å². The topological polar surface area (TPSA) is 69.8 Å². The minimum atomic E-state index is 0. The molecule has 3 N–H and O–H groups in total. The van der Waals surface area contributed by atoms with Crippen LogP contribution in [0.4, 0.5) is 0 Å². The number of hydrogen-bond acceptors (Lipinski definition) is 3. The first-order valence-corrected chi connectivity index (χ1v) is 7.63. The fraction of sp³-hybridized carbons (Fsp3) is 0.500. The van der Waals surface area contributed by atoms with Crippen molar-refractivity contribution in [1.29, 1.82) is 0 Å². The number of H-pyrrole nitrogens is 1. The lowest BCUT2D eigenvalue weighted by molar-refractivity contribution is -0.121. The van der Waals surface area contributed by atoms with E-state index in [4.69, 9.17) is 0 Å². The lowest BCUT2D eigenvalue weighted by Crippen LogP contribution is -2.24. The predicted molar refractivity (Wildman–Crippen MR) is 90.1 cm³/mol. The van der Waals surface area contributed by atoms with Crippen LogP contribution in [-0.2, 0) is 11.3 Å². The van der Waals surface area contributed by atoms with Crippen LogP contribution in [0.15, 0.2) is 18.2 Å². The standard InChI is InChI=1S/C16H22N4O.ClH/c1-11-2-4-13-14(8-11)20-15(19-13)10-18-16(21)5-3-12-6-7-17-9-12;/h2,4,8,12,17H,3,5-7,9-10H2,1H3,(H,18,21)(H,19,20);1H. The Morgan fingerprint density at radius 1 is 1.45 bits per heavy atom. The molecule has 1 fully saturated rings. The normalized spacial score (nSPS) is 17.4. The zero-order chi connectivity index (χ0) is 14.7. The molecule has 0 radical (unpaired) electrons. The predicted octanol–water partition coefficient (Wildman–Crippen LogP) is 2.30. The van der Waals surface area contributed by atoms with Crippen molar-refractivity contribution in [3.8, 4) is 0 Å². The van der Waals surface area contributed by atoms with Crippen molar-refractivity contribution in [3.05, 3.63) is 29.6 Å². The second kappa shape index (κ2) is 7.61. The fourth-order valence-corrected chi connectivity index (χ4v) is 2.83. The van der Waals surface area contributed by atoms with E-state index < -0.39 is 0 Å². The zero-order valence-corrected chi connectivity index (χ0v) is 13.6. The van der Waals surface area contributed by atoms with Gasteiger partial charge in [-0.15, -0.1) is 12.4 Å². The molecule has 1 aliphatic heterocycles. The number of carbonyl (C=O) groups is 1. The summed E-state index contributed by atoms with van der Waals surface area (Å²) in [5.41, 5.74) is 3.17. The number of benzene rings is 1. The molecule has 120 valence electrons. The van der Waals surface area contributed by atoms with Crippen LogP contribution in [0.5, 0.6) is 0 Å². The first-order chi connectivity index (χ1) is 10.2. The Kier molecular flexibility index (Phi) is 5.80. The highest BCUT2D eigenvalue weighted by Crippen LogP contribution is 2.15. The van der Waals surface area contributed by atoms with Crippen molar-refractivity contribution in [3.63, 3.8) is 0 Å². The number of amides is 1. The third-order valence-corrected chi connectivity index (χ3v) is 4.08. The Hall–Kier alpha value is -1.59. The van der Waals surface area contributed by atoms with Crippen molar-refractivity contribution >= 4 is 29.3 Å². The highest BCUT2D eigenvalue weighted by molar-refractivity contribution is 5.85. The first kappa shape index (κ1) is 16.8. The van der Waals surface area contributed by atoms with Gasteiger partial charge in [0.05, 0.1) is 17.6 Å². The first-order valence-electron chi connectivity index (χ1n) is 7.63. The average Bonchev–Trinajstić information content (AvgIpc) is 3.11. The molecule has 0 bridgehead atoms. The van der Waals surface area contributed by atoms with Gasteiger partial charge in [0.2, 0.25) is 5.91 Å². The molecule has 22 heavy (non-hydrogen) atoms. The number of aryl methyl sites for hydroxylation is 1. The van der Waals surface area contributed by atoms with Crippen LogP contribution >= 0.6 is 12.4 Å². The molecule has 0 spiro atoms. The number of hydrogen-bond donors (Lipinski definition) is 3. The molecule has 0 aliphatic carbocycles. The molecular formula is C16H23ClN4O. The summed E-state index contributed by atoms with van der Waals surface area (Å²) in [7, 11) is 0. The minimum Gasteiger partial charge on any atom is -0.349 e. The molecule has 1 aromatic heterocycles. The lowest BCUT2D eigenvalue weighted by Gasteiger charge is -2.07. The summed E-state index contributed by atoms with van der Waals surface area (Å²) < 4.78 is 0. The summed E-state index contributed by atoms with van der Waals surface area (Å²) in [6.45, 7) is 4.66. The monoisotopic (exact) mass is 322 g/mol. The van der Waals surface area contributed by atoms with E-state index in [1.54, 1.807) is 0 Å². The van der Waals surface area contributed by atoms with Crippen LogP contribution in [0.3, 0.4) is 0 Å². The lowest BCUT2D eigenvalue weighted by atomic mass is 10.0. The van der Waals surface area contributed by atoms with E-state index >= 15 is 0 Å². The summed E-state index contributed by atoms with van der Waals surface area (Å²) in [6, 6.07) is 6.11. The van der Waals surface area contributed by atoms with Crippen LogP contribution in [-0.4, -0.2) is 29.0 Å². The average molecular weight is 323 g/mol. The number of halogens is 1. The van der Waals surface area contributed by atoms with Crippen LogP contribution in [0, 0.1) is 12.8 Å². The van der Waals surface area contributed by atoms with Gasteiger partial charge in [-0.05, 0) is 56.5 Å². The molecule has 0 saturated carbocycles. The number of nitrogens with one attached hydrogen (secondary N) is 3. The van der Waals surface area contributed by atoms with E-state index in [1.165, 1.54) is 12.0 Å². The summed E-state index contributed by atoms with van der Waals surface area (Å²) in [4.78, 5) is 19.6. The smallest absolute Gasteiger partial charge is 0.220 e. The van der Waals surface area contributed by atoms with Crippen molar-refractivity contribution in [2.75, 3.05) is 13.1 Å². The highest BCUT2D eigenvalue weighted by Gasteiger charge is 2.15. The summed E-state index contributed by atoms with van der Waals surface area (Å²) in [5, 5.41) is 6.27. The van der Waals surface area contributed by atoms with E-state index in [-0.39, 0.29) is 18.3 Å². The van der Waals surface area contributed by atoms with Gasteiger partial charge in [0, 0.05) is 6.42 Å². The Bertz CT molecular complexity index is 634. The molecule has 1 unspecified atom stereocenters. The van der Waals surface area contributed by atoms with Crippen molar-refractivity contribution in [2.24, 2.45) is 5.92 Å². The number of fused-ring (bicyclic) bond motifs is 1. The van der Waals surface area contributed by atoms with Gasteiger partial charge in [0.15, 0.2) is 0 Å². The largest absolute Gasteiger partial charge is 0.349 e. The highest BCUT2D eigenvalue weighted by atomic mass is 35.5. The number of imidazole rings is 1. The van der Waals surface area contributed by atoms with E-state index in [2.05, 4.69) is 33.6 Å². The van der Waals surface area contributed by atoms with Gasteiger partial charge in [-0.25, -0.2) is 4.98 Å². The molecule has 2 aromatic rings. The van der Waals surface area contributed by atoms with Crippen molar-refractivity contribution in [2.45, 2.75) is 32.7 Å². The number of aromatic amines is 1. The third kappa shape index (κ3) is 4.21. The van der Waals surface area contributed by atoms with Crippen molar-refractivity contribution in [1.82, 2.24) is 20.6 Å². The number of rotatable bonds is 5. The Morgan fingerprint density at radius 3 is 3.09 bits per heavy atom. The SMILES string of the molecule is Cc1ccc2nc(CNC(=O)CCC3CCNC3)[nH]c2c1.Cl. The van der Waals surface area contributed by atoms with E-state index in [9.17, 15) is 4.79 Å². The second-order valence-corrected chi connectivity index (χ2v) is 5.88. The molecular weight excluding hydrogens is 300 g/mol. The molecule has 6 heteroatoms. The molecule has 1 amide bonds. The molecule has 1 aliphatic rings. The maximum Gasteiger partial charge on any atom is 0.220 e. The Labute approximate surface area is 136 Å².